The topological polar surface area (TPSA) is 105 Å². The largest absolute Gasteiger partial charge is 0.476 e. The van der Waals surface area contributed by atoms with Gasteiger partial charge in [-0.25, -0.2) is 9.78 Å². The molecule has 6 nitrogen and oxygen atoms in total. The summed E-state index contributed by atoms with van der Waals surface area (Å²) >= 11 is 1.21. The second kappa shape index (κ2) is 7.07. The van der Waals surface area contributed by atoms with Crippen molar-refractivity contribution in [2.24, 2.45) is 11.7 Å². The van der Waals surface area contributed by atoms with Crippen molar-refractivity contribution >= 4 is 23.2 Å². The molecular formula is C11H17N3O3S. The fourth-order valence-electron chi connectivity index (χ4n) is 1.50. The van der Waals surface area contributed by atoms with Gasteiger partial charge < -0.3 is 16.2 Å². The number of carboxylic acid groups (broad SMARTS) is 1. The molecule has 4 N–H and O–H groups in total. The Morgan fingerprint density at radius 1 is 1.61 bits per heavy atom. The van der Waals surface area contributed by atoms with E-state index in [1.165, 1.54) is 16.7 Å². The number of rotatable bonds is 7. The van der Waals surface area contributed by atoms with Crippen LogP contribution in [0.2, 0.25) is 0 Å². The Bertz CT molecular complexity index is 419. The number of amides is 1. The molecule has 100 valence electrons. The van der Waals surface area contributed by atoms with Crippen LogP contribution in [0.25, 0.3) is 0 Å². The van der Waals surface area contributed by atoms with Gasteiger partial charge in [0.05, 0.1) is 12.5 Å². The third kappa shape index (κ3) is 4.08. The summed E-state index contributed by atoms with van der Waals surface area (Å²) in [6.07, 6.45) is 1.65. The normalized spacial score (nSPS) is 12.1. The lowest BCUT2D eigenvalue weighted by Crippen LogP contribution is -2.34. The van der Waals surface area contributed by atoms with E-state index in [0.29, 0.717) is 11.6 Å². The fraction of sp³-hybridized carbons (Fsp3) is 0.545. The number of nitrogens with zero attached hydrogens (tertiary/aromatic N) is 1. The van der Waals surface area contributed by atoms with Crippen molar-refractivity contribution < 1.29 is 14.7 Å². The molecular weight excluding hydrogens is 254 g/mol. The van der Waals surface area contributed by atoms with E-state index in [-0.39, 0.29) is 24.1 Å². The van der Waals surface area contributed by atoms with E-state index in [2.05, 4.69) is 10.3 Å². The van der Waals surface area contributed by atoms with Crippen molar-refractivity contribution in [1.29, 1.82) is 0 Å². The Labute approximate surface area is 109 Å². The highest BCUT2D eigenvalue weighted by Crippen LogP contribution is 2.10. The Morgan fingerprint density at radius 2 is 2.33 bits per heavy atom. The van der Waals surface area contributed by atoms with Crippen LogP contribution in [0.15, 0.2) is 5.38 Å². The zero-order valence-electron chi connectivity index (χ0n) is 10.2. The molecule has 1 heterocycles. The van der Waals surface area contributed by atoms with Gasteiger partial charge >= 0.3 is 5.97 Å². The molecule has 0 aliphatic heterocycles. The molecule has 18 heavy (non-hydrogen) atoms. The van der Waals surface area contributed by atoms with E-state index < -0.39 is 5.97 Å². The summed E-state index contributed by atoms with van der Waals surface area (Å²) in [5.41, 5.74) is 5.53. The van der Waals surface area contributed by atoms with Crippen LogP contribution in [-0.4, -0.2) is 28.5 Å². The van der Waals surface area contributed by atoms with E-state index >= 15 is 0 Å². The van der Waals surface area contributed by atoms with Crippen LogP contribution in [0.4, 0.5) is 0 Å². The summed E-state index contributed by atoms with van der Waals surface area (Å²) < 4.78 is 0. The first kappa shape index (κ1) is 14.6. The molecule has 1 amide bonds. The van der Waals surface area contributed by atoms with Gasteiger partial charge in [0.15, 0.2) is 5.69 Å². The average molecular weight is 271 g/mol. The molecule has 0 aliphatic carbocycles. The lowest BCUT2D eigenvalue weighted by atomic mass is 10.0. The van der Waals surface area contributed by atoms with Gasteiger partial charge in [-0.2, -0.15) is 0 Å². The third-order valence-electron chi connectivity index (χ3n) is 2.48. The number of thiazole rings is 1. The zero-order valence-corrected chi connectivity index (χ0v) is 11.0. The first-order chi connectivity index (χ1) is 8.58. The molecule has 0 radical (unpaired) electrons. The molecule has 7 heteroatoms. The number of aromatic nitrogens is 1. The van der Waals surface area contributed by atoms with Crippen LogP contribution >= 0.6 is 11.3 Å². The van der Waals surface area contributed by atoms with Crippen LogP contribution in [0.1, 0.15) is 35.3 Å². The van der Waals surface area contributed by atoms with Crippen molar-refractivity contribution in [3.8, 4) is 0 Å². The standard InChI is InChI=1S/C11H17N3O3S/c1-2-3-7(4-12)10(15)13-5-9-14-8(6-18-9)11(16)17/h6-7H,2-5,12H2,1H3,(H,13,15)(H,16,17). The van der Waals surface area contributed by atoms with E-state index in [1.807, 2.05) is 6.92 Å². The Kier molecular flexibility index (Phi) is 5.73. The highest BCUT2D eigenvalue weighted by molar-refractivity contribution is 7.09. The number of nitrogens with two attached hydrogens (primary N) is 1. The smallest absolute Gasteiger partial charge is 0.355 e. The van der Waals surface area contributed by atoms with E-state index in [1.54, 1.807) is 0 Å². The summed E-state index contributed by atoms with van der Waals surface area (Å²) in [4.78, 5) is 26.3. The molecule has 0 aliphatic rings. The average Bonchev–Trinajstić information content (AvgIpc) is 2.82. The maximum absolute atomic E-state index is 11.7. The van der Waals surface area contributed by atoms with Gasteiger partial charge in [0.25, 0.3) is 0 Å². The summed E-state index contributed by atoms with van der Waals surface area (Å²) in [7, 11) is 0. The molecule has 1 aromatic rings. The first-order valence-corrected chi connectivity index (χ1v) is 6.61. The van der Waals surface area contributed by atoms with Crippen molar-refractivity contribution in [3.63, 3.8) is 0 Å². The van der Waals surface area contributed by atoms with Crippen molar-refractivity contribution in [1.82, 2.24) is 10.3 Å². The molecule has 0 saturated carbocycles. The first-order valence-electron chi connectivity index (χ1n) is 5.74. The molecule has 1 atom stereocenters. The SMILES string of the molecule is CCCC(CN)C(=O)NCc1nc(C(=O)O)cs1. The Balaban J connectivity index is 2.48. The van der Waals surface area contributed by atoms with Crippen molar-refractivity contribution in [2.75, 3.05) is 6.54 Å². The number of nitrogens with one attached hydrogen (secondary N) is 1. The predicted octanol–water partition coefficient (Wildman–Crippen LogP) is 0.832. The van der Waals surface area contributed by atoms with Gasteiger partial charge in [-0.05, 0) is 6.42 Å². The minimum Gasteiger partial charge on any atom is -0.476 e. The number of carboxylic acids is 1. The lowest BCUT2D eigenvalue weighted by Gasteiger charge is -2.12. The van der Waals surface area contributed by atoms with Crippen molar-refractivity contribution in [2.45, 2.75) is 26.3 Å². The highest BCUT2D eigenvalue weighted by atomic mass is 32.1. The Hall–Kier alpha value is -1.47. The Morgan fingerprint density at radius 3 is 2.83 bits per heavy atom. The molecule has 1 unspecified atom stereocenters. The number of hydrogen-bond donors (Lipinski definition) is 3. The minimum atomic E-state index is -1.06. The molecule has 0 saturated heterocycles. The maximum Gasteiger partial charge on any atom is 0.355 e. The minimum absolute atomic E-state index is 0.00758. The van der Waals surface area contributed by atoms with E-state index in [0.717, 1.165) is 12.8 Å². The number of carbonyl (C=O) groups excluding carboxylic acids is 1. The van der Waals surface area contributed by atoms with Gasteiger partial charge in [0, 0.05) is 11.9 Å². The molecule has 1 aromatic heterocycles. The van der Waals surface area contributed by atoms with Crippen LogP contribution < -0.4 is 11.1 Å². The maximum atomic E-state index is 11.7. The van der Waals surface area contributed by atoms with E-state index in [9.17, 15) is 9.59 Å². The molecule has 0 aromatic carbocycles. The van der Waals surface area contributed by atoms with Gasteiger partial charge in [0.2, 0.25) is 5.91 Å². The summed E-state index contributed by atoms with van der Waals surface area (Å²) in [6, 6.07) is 0. The molecule has 1 rings (SSSR count). The zero-order chi connectivity index (χ0) is 13.5. The number of aromatic carboxylic acids is 1. The van der Waals surface area contributed by atoms with E-state index in [4.69, 9.17) is 10.8 Å². The summed E-state index contributed by atoms with van der Waals surface area (Å²) in [5, 5.41) is 13.5. The lowest BCUT2D eigenvalue weighted by molar-refractivity contribution is -0.125. The van der Waals surface area contributed by atoms with Crippen LogP contribution in [0, 0.1) is 5.92 Å². The van der Waals surface area contributed by atoms with Crippen LogP contribution in [-0.2, 0) is 11.3 Å². The fourth-order valence-corrected chi connectivity index (χ4v) is 2.21. The summed E-state index contributed by atoms with van der Waals surface area (Å²) in [5.74, 6) is -1.35. The quantitative estimate of drug-likeness (QED) is 0.681. The third-order valence-corrected chi connectivity index (χ3v) is 3.33. The monoisotopic (exact) mass is 271 g/mol. The molecule has 0 spiro atoms. The van der Waals surface area contributed by atoms with Gasteiger partial charge in [0.1, 0.15) is 5.01 Å². The second-order valence-electron chi connectivity index (χ2n) is 3.87. The molecule has 0 fully saturated rings. The second-order valence-corrected chi connectivity index (χ2v) is 4.81. The molecule has 0 bridgehead atoms. The number of hydrogen-bond acceptors (Lipinski definition) is 5. The van der Waals surface area contributed by atoms with Gasteiger partial charge in [-0.3, -0.25) is 4.79 Å². The van der Waals surface area contributed by atoms with Crippen LogP contribution in [0.3, 0.4) is 0 Å². The highest BCUT2D eigenvalue weighted by Gasteiger charge is 2.16. The summed E-state index contributed by atoms with van der Waals surface area (Å²) in [6.45, 7) is 2.56. The van der Waals surface area contributed by atoms with Crippen molar-refractivity contribution in [3.05, 3.63) is 16.1 Å². The van der Waals surface area contributed by atoms with Gasteiger partial charge in [-0.1, -0.05) is 13.3 Å². The van der Waals surface area contributed by atoms with Crippen LogP contribution in [0.5, 0.6) is 0 Å². The predicted molar refractivity (Wildman–Crippen MR) is 68.4 cm³/mol. The van der Waals surface area contributed by atoms with Gasteiger partial charge in [-0.15, -0.1) is 11.3 Å². The number of carbonyl (C=O) groups is 2.